The molecule has 0 spiro atoms. The van der Waals surface area contributed by atoms with Gasteiger partial charge in [-0.1, -0.05) is 43.7 Å². The zero-order chi connectivity index (χ0) is 14.4. The number of carbonyl (C=O) groups is 1. The summed E-state index contributed by atoms with van der Waals surface area (Å²) in [5.74, 6) is 0.117. The third-order valence-corrected chi connectivity index (χ3v) is 3.85. The first kappa shape index (κ1) is 18.0. The Morgan fingerprint density at radius 1 is 1.19 bits per heavy atom. The number of amides is 1. The predicted molar refractivity (Wildman–Crippen MR) is 88.4 cm³/mol. The van der Waals surface area contributed by atoms with Crippen molar-refractivity contribution in [3.8, 4) is 0 Å². The van der Waals surface area contributed by atoms with Crippen LogP contribution >= 0.6 is 12.4 Å². The first-order chi connectivity index (χ1) is 9.70. The van der Waals surface area contributed by atoms with Crippen molar-refractivity contribution in [3.05, 3.63) is 35.9 Å². The summed E-state index contributed by atoms with van der Waals surface area (Å²) in [6, 6.07) is 10.1. The van der Waals surface area contributed by atoms with Gasteiger partial charge in [0.2, 0.25) is 5.91 Å². The molecule has 5 heteroatoms. The average molecular weight is 312 g/mol. The first-order valence-electron chi connectivity index (χ1n) is 7.51. The number of rotatable bonds is 5. The van der Waals surface area contributed by atoms with Crippen LogP contribution in [0, 0.1) is 0 Å². The Morgan fingerprint density at radius 2 is 1.81 bits per heavy atom. The molecule has 1 saturated heterocycles. The molecule has 0 radical (unpaired) electrons. The van der Waals surface area contributed by atoms with Crippen LogP contribution in [0.4, 0.5) is 0 Å². The third-order valence-electron chi connectivity index (χ3n) is 3.85. The Morgan fingerprint density at radius 3 is 2.38 bits per heavy atom. The SMILES string of the molecule is CCCC(N)C(=O)N1CCN(Cc2ccccc2)CC1.Cl. The van der Waals surface area contributed by atoms with Gasteiger partial charge in [-0.25, -0.2) is 0 Å². The molecule has 1 unspecified atom stereocenters. The minimum atomic E-state index is -0.319. The lowest BCUT2D eigenvalue weighted by Crippen LogP contribution is -2.52. The highest BCUT2D eigenvalue weighted by Gasteiger charge is 2.24. The Hall–Kier alpha value is -1.10. The molecule has 1 amide bonds. The van der Waals surface area contributed by atoms with Crippen molar-refractivity contribution in [1.82, 2.24) is 9.80 Å². The van der Waals surface area contributed by atoms with Crippen LogP contribution < -0.4 is 5.73 Å². The van der Waals surface area contributed by atoms with Crippen LogP contribution in [-0.4, -0.2) is 47.9 Å². The number of benzene rings is 1. The van der Waals surface area contributed by atoms with Crippen molar-refractivity contribution in [1.29, 1.82) is 0 Å². The Labute approximate surface area is 133 Å². The van der Waals surface area contributed by atoms with E-state index >= 15 is 0 Å². The summed E-state index contributed by atoms with van der Waals surface area (Å²) in [6.45, 7) is 6.47. The molecular formula is C16H26ClN3O. The van der Waals surface area contributed by atoms with Crippen molar-refractivity contribution in [2.45, 2.75) is 32.4 Å². The highest BCUT2D eigenvalue weighted by atomic mass is 35.5. The minimum Gasteiger partial charge on any atom is -0.339 e. The molecule has 1 aliphatic rings. The van der Waals surface area contributed by atoms with Gasteiger partial charge >= 0.3 is 0 Å². The molecule has 0 bridgehead atoms. The number of carbonyl (C=O) groups excluding carboxylic acids is 1. The van der Waals surface area contributed by atoms with Gasteiger partial charge in [0.1, 0.15) is 0 Å². The lowest BCUT2D eigenvalue weighted by molar-refractivity contribution is -0.134. The second-order valence-electron chi connectivity index (χ2n) is 5.48. The molecule has 0 saturated carbocycles. The maximum absolute atomic E-state index is 12.1. The molecule has 1 aromatic rings. The van der Waals surface area contributed by atoms with Gasteiger partial charge in [-0.3, -0.25) is 9.69 Å². The van der Waals surface area contributed by atoms with Gasteiger partial charge in [-0.15, -0.1) is 12.4 Å². The molecule has 0 aliphatic carbocycles. The van der Waals surface area contributed by atoms with E-state index in [1.807, 2.05) is 11.0 Å². The van der Waals surface area contributed by atoms with Gasteiger partial charge in [-0.2, -0.15) is 0 Å². The van der Waals surface area contributed by atoms with Gasteiger partial charge < -0.3 is 10.6 Å². The monoisotopic (exact) mass is 311 g/mol. The summed E-state index contributed by atoms with van der Waals surface area (Å²) >= 11 is 0. The van der Waals surface area contributed by atoms with Gasteiger partial charge in [0.25, 0.3) is 0 Å². The first-order valence-corrected chi connectivity index (χ1v) is 7.51. The van der Waals surface area contributed by atoms with Crippen LogP contribution in [0.3, 0.4) is 0 Å². The van der Waals surface area contributed by atoms with Crippen LogP contribution in [-0.2, 0) is 11.3 Å². The highest BCUT2D eigenvalue weighted by molar-refractivity contribution is 5.85. The zero-order valence-electron chi connectivity index (χ0n) is 12.7. The largest absolute Gasteiger partial charge is 0.339 e. The van der Waals surface area contributed by atoms with E-state index < -0.39 is 0 Å². The second-order valence-corrected chi connectivity index (χ2v) is 5.48. The number of piperazine rings is 1. The Kier molecular flexibility index (Phi) is 7.72. The molecule has 1 aliphatic heterocycles. The molecular weight excluding hydrogens is 286 g/mol. The Bertz CT molecular complexity index is 419. The molecule has 1 heterocycles. The highest BCUT2D eigenvalue weighted by Crippen LogP contribution is 2.10. The molecule has 118 valence electrons. The smallest absolute Gasteiger partial charge is 0.239 e. The fraction of sp³-hybridized carbons (Fsp3) is 0.562. The summed E-state index contributed by atoms with van der Waals surface area (Å²) in [7, 11) is 0. The Balaban J connectivity index is 0.00000220. The summed E-state index contributed by atoms with van der Waals surface area (Å²) in [6.07, 6.45) is 1.74. The predicted octanol–water partition coefficient (Wildman–Crippen LogP) is 1.88. The van der Waals surface area contributed by atoms with Crippen LogP contribution in [0.2, 0.25) is 0 Å². The van der Waals surface area contributed by atoms with Crippen molar-refractivity contribution >= 4 is 18.3 Å². The molecule has 2 rings (SSSR count). The molecule has 0 aromatic heterocycles. The summed E-state index contributed by atoms with van der Waals surface area (Å²) < 4.78 is 0. The quantitative estimate of drug-likeness (QED) is 0.903. The van der Waals surface area contributed by atoms with E-state index in [0.717, 1.165) is 45.6 Å². The zero-order valence-corrected chi connectivity index (χ0v) is 13.5. The van der Waals surface area contributed by atoms with Crippen LogP contribution in [0.5, 0.6) is 0 Å². The van der Waals surface area contributed by atoms with E-state index in [1.165, 1.54) is 5.56 Å². The fourth-order valence-electron chi connectivity index (χ4n) is 2.64. The van der Waals surface area contributed by atoms with E-state index in [0.29, 0.717) is 0 Å². The van der Waals surface area contributed by atoms with Gasteiger partial charge in [0.15, 0.2) is 0 Å². The lowest BCUT2D eigenvalue weighted by Gasteiger charge is -2.35. The molecule has 2 N–H and O–H groups in total. The van der Waals surface area contributed by atoms with E-state index in [2.05, 4.69) is 36.1 Å². The van der Waals surface area contributed by atoms with Crippen LogP contribution in [0.25, 0.3) is 0 Å². The normalized spacial score (nSPS) is 17.1. The van der Waals surface area contributed by atoms with Gasteiger partial charge in [0.05, 0.1) is 6.04 Å². The van der Waals surface area contributed by atoms with Gasteiger partial charge in [0, 0.05) is 32.7 Å². The van der Waals surface area contributed by atoms with E-state index in [9.17, 15) is 4.79 Å². The number of hydrogen-bond donors (Lipinski definition) is 1. The van der Waals surface area contributed by atoms with E-state index in [-0.39, 0.29) is 24.4 Å². The van der Waals surface area contributed by atoms with E-state index in [1.54, 1.807) is 0 Å². The lowest BCUT2D eigenvalue weighted by atomic mass is 10.1. The molecule has 1 fully saturated rings. The topological polar surface area (TPSA) is 49.6 Å². The van der Waals surface area contributed by atoms with Crippen LogP contribution in [0.1, 0.15) is 25.3 Å². The average Bonchev–Trinajstić information content (AvgIpc) is 2.48. The number of hydrogen-bond acceptors (Lipinski definition) is 3. The van der Waals surface area contributed by atoms with Crippen LogP contribution in [0.15, 0.2) is 30.3 Å². The third kappa shape index (κ3) is 5.30. The van der Waals surface area contributed by atoms with Crippen molar-refractivity contribution < 1.29 is 4.79 Å². The summed E-state index contributed by atoms with van der Waals surface area (Å²) in [5.41, 5.74) is 7.24. The molecule has 1 atom stereocenters. The number of halogens is 1. The number of nitrogens with zero attached hydrogens (tertiary/aromatic N) is 2. The second kappa shape index (κ2) is 9.03. The summed E-state index contributed by atoms with van der Waals surface area (Å²) in [4.78, 5) is 16.4. The fourth-order valence-corrected chi connectivity index (χ4v) is 2.64. The minimum absolute atomic E-state index is 0. The standard InChI is InChI=1S/C16H25N3O.ClH/c1-2-6-15(17)16(20)19-11-9-18(10-12-19)13-14-7-4-3-5-8-14;/h3-5,7-8,15H,2,6,9-13,17H2,1H3;1H. The van der Waals surface area contributed by atoms with Gasteiger partial charge in [-0.05, 0) is 12.0 Å². The van der Waals surface area contributed by atoms with Crippen molar-refractivity contribution in [2.24, 2.45) is 5.73 Å². The number of nitrogens with two attached hydrogens (primary N) is 1. The van der Waals surface area contributed by atoms with Crippen molar-refractivity contribution in [2.75, 3.05) is 26.2 Å². The van der Waals surface area contributed by atoms with Crippen molar-refractivity contribution in [3.63, 3.8) is 0 Å². The maximum atomic E-state index is 12.1. The summed E-state index contributed by atoms with van der Waals surface area (Å²) in [5, 5.41) is 0. The maximum Gasteiger partial charge on any atom is 0.239 e. The molecule has 4 nitrogen and oxygen atoms in total. The van der Waals surface area contributed by atoms with E-state index in [4.69, 9.17) is 5.73 Å². The molecule has 21 heavy (non-hydrogen) atoms. The molecule has 1 aromatic carbocycles.